The van der Waals surface area contributed by atoms with Crippen molar-refractivity contribution in [2.45, 2.75) is 38.3 Å². The number of rotatable bonds is 11. The summed E-state index contributed by atoms with van der Waals surface area (Å²) in [6.07, 6.45) is 0. The van der Waals surface area contributed by atoms with E-state index in [1.165, 1.54) is 29.2 Å². The smallest absolute Gasteiger partial charge is 0.264 e. The monoisotopic (exact) mass is 541 g/mol. The number of nitrogens with one attached hydrogen (secondary N) is 1. The quantitative estimate of drug-likeness (QED) is 0.397. The summed E-state index contributed by atoms with van der Waals surface area (Å²) in [5.41, 5.74) is 1.72. The van der Waals surface area contributed by atoms with Gasteiger partial charge in [0.1, 0.15) is 24.2 Å². The van der Waals surface area contributed by atoms with Crippen LogP contribution < -0.4 is 14.4 Å². The van der Waals surface area contributed by atoms with E-state index in [4.69, 9.17) is 4.74 Å². The second-order valence-electron chi connectivity index (χ2n) is 8.74. The molecule has 0 heterocycles. The van der Waals surface area contributed by atoms with Gasteiger partial charge in [-0.25, -0.2) is 12.8 Å². The zero-order valence-electron chi connectivity index (χ0n) is 21.8. The molecule has 0 fully saturated rings. The van der Waals surface area contributed by atoms with Crippen molar-refractivity contribution in [2.75, 3.05) is 24.5 Å². The molecular weight excluding hydrogens is 509 g/mol. The Hall–Kier alpha value is -3.92. The molecule has 1 N–H and O–H groups in total. The van der Waals surface area contributed by atoms with Gasteiger partial charge in [0, 0.05) is 13.1 Å². The zero-order chi connectivity index (χ0) is 27.9. The fourth-order valence-corrected chi connectivity index (χ4v) is 5.22. The maximum absolute atomic E-state index is 13.7. The molecule has 0 saturated carbocycles. The Morgan fingerprint density at radius 3 is 2.13 bits per heavy atom. The molecule has 0 aliphatic heterocycles. The van der Waals surface area contributed by atoms with E-state index in [9.17, 15) is 22.4 Å². The summed E-state index contributed by atoms with van der Waals surface area (Å²) >= 11 is 0. The lowest BCUT2D eigenvalue weighted by molar-refractivity contribution is -0.139. The van der Waals surface area contributed by atoms with Crippen LogP contribution in [0.25, 0.3) is 0 Å². The largest absolute Gasteiger partial charge is 0.497 e. The molecule has 0 unspecified atom stereocenters. The first-order valence-corrected chi connectivity index (χ1v) is 13.6. The standard InChI is InChI=1S/C28H32FN3O5S/c1-5-30-28(34)21(3)31(18-22-8-14-25(37-4)15-9-22)27(33)19-32(24-12-10-23(29)11-13-24)38(35,36)26-16-6-20(2)7-17-26/h6-17,21H,5,18-19H2,1-4H3,(H,30,34)/t21-/m0/s1. The van der Waals surface area contributed by atoms with Gasteiger partial charge < -0.3 is 15.0 Å². The second-order valence-corrected chi connectivity index (χ2v) is 10.6. The Labute approximate surface area is 223 Å². The van der Waals surface area contributed by atoms with E-state index in [-0.39, 0.29) is 23.0 Å². The number of likely N-dealkylation sites (N-methyl/N-ethyl adjacent to an activating group) is 1. The molecule has 0 saturated heterocycles. The van der Waals surface area contributed by atoms with Crippen LogP contribution in [0.15, 0.2) is 77.7 Å². The van der Waals surface area contributed by atoms with E-state index in [1.54, 1.807) is 57.4 Å². The van der Waals surface area contributed by atoms with Crippen molar-refractivity contribution >= 4 is 27.5 Å². The Bertz CT molecular complexity index is 1340. The fraction of sp³-hybridized carbons (Fsp3) is 0.286. The second kappa shape index (κ2) is 12.6. The van der Waals surface area contributed by atoms with Crippen LogP contribution in [-0.2, 0) is 26.2 Å². The maximum Gasteiger partial charge on any atom is 0.264 e. The van der Waals surface area contributed by atoms with E-state index >= 15 is 0 Å². The number of anilines is 1. The third kappa shape index (κ3) is 6.89. The molecule has 38 heavy (non-hydrogen) atoms. The summed E-state index contributed by atoms with van der Waals surface area (Å²) in [6, 6.07) is 17.2. The molecule has 3 rings (SSSR count). The maximum atomic E-state index is 13.7. The molecule has 3 aromatic rings. The highest BCUT2D eigenvalue weighted by Crippen LogP contribution is 2.25. The Morgan fingerprint density at radius 2 is 1.58 bits per heavy atom. The number of hydrogen-bond donors (Lipinski definition) is 1. The van der Waals surface area contributed by atoms with Gasteiger partial charge in [-0.2, -0.15) is 0 Å². The van der Waals surface area contributed by atoms with Gasteiger partial charge in [-0.3, -0.25) is 13.9 Å². The molecule has 1 atom stereocenters. The molecule has 0 aliphatic rings. The molecule has 202 valence electrons. The van der Waals surface area contributed by atoms with Crippen LogP contribution in [0, 0.1) is 12.7 Å². The van der Waals surface area contributed by atoms with Gasteiger partial charge in [0.05, 0.1) is 17.7 Å². The van der Waals surface area contributed by atoms with Crippen molar-refractivity contribution < 1.29 is 27.1 Å². The molecular formula is C28H32FN3O5S. The number of carbonyl (C=O) groups is 2. The number of sulfonamides is 1. The summed E-state index contributed by atoms with van der Waals surface area (Å²) in [6.45, 7) is 5.02. The van der Waals surface area contributed by atoms with Gasteiger partial charge in [0.2, 0.25) is 11.8 Å². The topological polar surface area (TPSA) is 96.0 Å². The Morgan fingerprint density at radius 1 is 0.974 bits per heavy atom. The molecule has 0 spiro atoms. The average molecular weight is 542 g/mol. The number of nitrogens with zero attached hydrogens (tertiary/aromatic N) is 2. The molecule has 0 aliphatic carbocycles. The van der Waals surface area contributed by atoms with Gasteiger partial charge in [-0.05, 0) is 74.9 Å². The minimum atomic E-state index is -4.20. The number of benzene rings is 3. The zero-order valence-corrected chi connectivity index (χ0v) is 22.7. The van der Waals surface area contributed by atoms with E-state index in [0.29, 0.717) is 12.3 Å². The molecule has 2 amide bonds. The number of methoxy groups -OCH3 is 1. The highest BCUT2D eigenvalue weighted by atomic mass is 32.2. The van der Waals surface area contributed by atoms with Crippen LogP contribution in [0.1, 0.15) is 25.0 Å². The number of ether oxygens (including phenoxy) is 1. The molecule has 10 heteroatoms. The first-order valence-electron chi connectivity index (χ1n) is 12.1. The third-order valence-corrected chi connectivity index (χ3v) is 7.82. The van der Waals surface area contributed by atoms with Crippen LogP contribution >= 0.6 is 0 Å². The summed E-state index contributed by atoms with van der Waals surface area (Å²) < 4.78 is 47.2. The van der Waals surface area contributed by atoms with Gasteiger partial charge in [-0.15, -0.1) is 0 Å². The van der Waals surface area contributed by atoms with Gasteiger partial charge in [0.15, 0.2) is 0 Å². The summed E-state index contributed by atoms with van der Waals surface area (Å²) in [5.74, 6) is -0.877. The minimum absolute atomic E-state index is 0.0151. The Balaban J connectivity index is 2.01. The average Bonchev–Trinajstić information content (AvgIpc) is 2.91. The first kappa shape index (κ1) is 28.6. The van der Waals surface area contributed by atoms with Crippen molar-refractivity contribution in [3.05, 3.63) is 89.7 Å². The van der Waals surface area contributed by atoms with Crippen molar-refractivity contribution in [2.24, 2.45) is 0 Å². The molecule has 0 radical (unpaired) electrons. The van der Waals surface area contributed by atoms with Crippen LogP contribution in [0.2, 0.25) is 0 Å². The normalized spacial score (nSPS) is 11.9. The lowest BCUT2D eigenvalue weighted by atomic mass is 10.1. The van der Waals surface area contributed by atoms with Crippen LogP contribution in [0.3, 0.4) is 0 Å². The fourth-order valence-electron chi connectivity index (χ4n) is 3.81. The van der Waals surface area contributed by atoms with Crippen molar-refractivity contribution in [3.63, 3.8) is 0 Å². The summed E-state index contributed by atoms with van der Waals surface area (Å²) in [4.78, 5) is 27.8. The summed E-state index contributed by atoms with van der Waals surface area (Å²) in [7, 11) is -2.66. The lowest BCUT2D eigenvalue weighted by Gasteiger charge is -2.32. The van der Waals surface area contributed by atoms with Crippen molar-refractivity contribution in [1.29, 1.82) is 0 Å². The SMILES string of the molecule is CCNC(=O)[C@H](C)N(Cc1ccc(OC)cc1)C(=O)CN(c1ccc(F)cc1)S(=O)(=O)c1ccc(C)cc1. The van der Waals surface area contributed by atoms with E-state index < -0.39 is 34.3 Å². The van der Waals surface area contributed by atoms with E-state index in [1.807, 2.05) is 6.92 Å². The summed E-state index contributed by atoms with van der Waals surface area (Å²) in [5, 5.41) is 2.71. The number of hydrogen-bond acceptors (Lipinski definition) is 5. The molecule has 8 nitrogen and oxygen atoms in total. The predicted octanol–water partition coefficient (Wildman–Crippen LogP) is 3.89. The molecule has 0 aromatic heterocycles. The predicted molar refractivity (Wildman–Crippen MR) is 144 cm³/mol. The number of amides is 2. The third-order valence-electron chi connectivity index (χ3n) is 6.03. The van der Waals surface area contributed by atoms with E-state index in [0.717, 1.165) is 27.6 Å². The van der Waals surface area contributed by atoms with E-state index in [2.05, 4.69) is 5.32 Å². The number of carbonyl (C=O) groups excluding carboxylic acids is 2. The highest BCUT2D eigenvalue weighted by Gasteiger charge is 2.32. The molecule has 0 bridgehead atoms. The Kier molecular flexibility index (Phi) is 9.46. The van der Waals surface area contributed by atoms with Gasteiger partial charge >= 0.3 is 0 Å². The lowest BCUT2D eigenvalue weighted by Crippen LogP contribution is -2.51. The number of halogens is 1. The highest BCUT2D eigenvalue weighted by molar-refractivity contribution is 7.92. The number of aryl methyl sites for hydroxylation is 1. The van der Waals surface area contributed by atoms with Gasteiger partial charge in [-0.1, -0.05) is 29.8 Å². The molecule has 3 aromatic carbocycles. The van der Waals surface area contributed by atoms with Crippen LogP contribution in [0.5, 0.6) is 5.75 Å². The van der Waals surface area contributed by atoms with Crippen LogP contribution in [0.4, 0.5) is 10.1 Å². The van der Waals surface area contributed by atoms with Gasteiger partial charge in [0.25, 0.3) is 10.0 Å². The minimum Gasteiger partial charge on any atom is -0.497 e. The van der Waals surface area contributed by atoms with Crippen molar-refractivity contribution in [1.82, 2.24) is 10.2 Å². The van der Waals surface area contributed by atoms with Crippen LogP contribution in [-0.4, -0.2) is 51.4 Å². The van der Waals surface area contributed by atoms with Crippen molar-refractivity contribution in [3.8, 4) is 5.75 Å². The first-order chi connectivity index (χ1) is 18.1.